The Kier molecular flexibility index (Phi) is 4.92. The predicted octanol–water partition coefficient (Wildman–Crippen LogP) is 3.82. The molecule has 0 saturated heterocycles. The number of nitrogens with one attached hydrogen (secondary N) is 1. The number of hydrogen-bond acceptors (Lipinski definition) is 2. The van der Waals surface area contributed by atoms with Crippen LogP contribution in [0.25, 0.3) is 6.08 Å². The first-order valence-corrected chi connectivity index (χ1v) is 6.04. The van der Waals surface area contributed by atoms with Crippen LogP contribution in [0.3, 0.4) is 0 Å². The second kappa shape index (κ2) is 5.73. The quantitative estimate of drug-likeness (QED) is 0.911. The maximum absolute atomic E-state index is 5.46. The van der Waals surface area contributed by atoms with Crippen molar-refractivity contribution in [1.82, 2.24) is 5.32 Å². The molecule has 0 unspecified atom stereocenters. The highest BCUT2D eigenvalue weighted by Gasteiger charge is 2.04. The molecule has 0 aliphatic rings. The molecule has 1 heterocycles. The normalized spacial score (nSPS) is 12.1. The Morgan fingerprint density at radius 1 is 1.57 bits per heavy atom. The lowest BCUT2D eigenvalue weighted by molar-refractivity contribution is 0.529. The molecule has 0 bridgehead atoms. The molecule has 4 heteroatoms. The molecule has 0 saturated carbocycles. The molecule has 0 fully saturated rings. The van der Waals surface area contributed by atoms with Gasteiger partial charge in [-0.15, -0.1) is 0 Å². The molecule has 1 N–H and O–H groups in total. The monoisotopic (exact) mass is 321 g/mol. The standard InChI is InChI=1S/C10H13Br2NO/c1-3-7(6-13-2)4-8-5-9(11)10(12)14-8/h4-5,13H,3,6H2,1-2H3. The fraction of sp³-hybridized carbons (Fsp3) is 0.400. The van der Waals surface area contributed by atoms with Gasteiger partial charge < -0.3 is 9.73 Å². The number of halogens is 2. The maximum Gasteiger partial charge on any atom is 0.184 e. The molecule has 0 aliphatic heterocycles. The average Bonchev–Trinajstić information content (AvgIpc) is 2.45. The van der Waals surface area contributed by atoms with Gasteiger partial charge >= 0.3 is 0 Å². The Balaban J connectivity index is 2.83. The number of likely N-dealkylation sites (N-methyl/N-ethyl adjacent to an activating group) is 1. The summed E-state index contributed by atoms with van der Waals surface area (Å²) in [6, 6.07) is 1.95. The van der Waals surface area contributed by atoms with Crippen LogP contribution in [0.1, 0.15) is 19.1 Å². The molecule has 0 amide bonds. The van der Waals surface area contributed by atoms with Crippen LogP contribution in [-0.2, 0) is 0 Å². The zero-order valence-corrected chi connectivity index (χ0v) is 11.4. The number of hydrogen-bond donors (Lipinski definition) is 1. The van der Waals surface area contributed by atoms with Crippen LogP contribution in [0.2, 0.25) is 0 Å². The summed E-state index contributed by atoms with van der Waals surface area (Å²) in [5.74, 6) is 0.871. The smallest absolute Gasteiger partial charge is 0.184 e. The predicted molar refractivity (Wildman–Crippen MR) is 66.3 cm³/mol. The first kappa shape index (κ1) is 12.0. The molecule has 0 radical (unpaired) electrons. The van der Waals surface area contributed by atoms with Crippen molar-refractivity contribution in [3.63, 3.8) is 0 Å². The Hall–Kier alpha value is -0.0600. The van der Waals surface area contributed by atoms with Crippen LogP contribution in [0.4, 0.5) is 0 Å². The van der Waals surface area contributed by atoms with Gasteiger partial charge in [0.25, 0.3) is 0 Å². The Morgan fingerprint density at radius 2 is 2.29 bits per heavy atom. The molecular formula is C10H13Br2NO. The summed E-state index contributed by atoms with van der Waals surface area (Å²) in [6.07, 6.45) is 3.09. The third kappa shape index (κ3) is 3.26. The van der Waals surface area contributed by atoms with Crippen molar-refractivity contribution in [3.05, 3.63) is 26.5 Å². The largest absolute Gasteiger partial charge is 0.449 e. The summed E-state index contributed by atoms with van der Waals surface area (Å²) in [5.41, 5.74) is 1.32. The average molecular weight is 323 g/mol. The van der Waals surface area contributed by atoms with E-state index in [9.17, 15) is 0 Å². The van der Waals surface area contributed by atoms with Gasteiger partial charge in [-0.25, -0.2) is 0 Å². The molecule has 2 nitrogen and oxygen atoms in total. The van der Waals surface area contributed by atoms with Gasteiger partial charge in [-0.1, -0.05) is 12.5 Å². The molecule has 0 aliphatic carbocycles. The van der Waals surface area contributed by atoms with Crippen LogP contribution >= 0.6 is 31.9 Å². The SMILES string of the molecule is CCC(=Cc1cc(Br)c(Br)o1)CNC. The van der Waals surface area contributed by atoms with E-state index in [1.54, 1.807) is 0 Å². The highest BCUT2D eigenvalue weighted by atomic mass is 79.9. The van der Waals surface area contributed by atoms with E-state index in [4.69, 9.17) is 4.42 Å². The first-order chi connectivity index (χ1) is 6.67. The second-order valence-electron chi connectivity index (χ2n) is 2.96. The van der Waals surface area contributed by atoms with Gasteiger partial charge in [-0.3, -0.25) is 0 Å². The van der Waals surface area contributed by atoms with Crippen molar-refractivity contribution in [1.29, 1.82) is 0 Å². The van der Waals surface area contributed by atoms with Gasteiger partial charge in [-0.05, 0) is 57.5 Å². The van der Waals surface area contributed by atoms with E-state index >= 15 is 0 Å². The highest BCUT2D eigenvalue weighted by Crippen LogP contribution is 2.28. The van der Waals surface area contributed by atoms with Gasteiger partial charge in [0.1, 0.15) is 5.76 Å². The first-order valence-electron chi connectivity index (χ1n) is 4.46. The summed E-state index contributed by atoms with van der Waals surface area (Å²) >= 11 is 6.69. The van der Waals surface area contributed by atoms with E-state index in [1.165, 1.54) is 5.57 Å². The summed E-state index contributed by atoms with van der Waals surface area (Å²) in [4.78, 5) is 0. The van der Waals surface area contributed by atoms with Gasteiger partial charge in [0.2, 0.25) is 0 Å². The fourth-order valence-electron chi connectivity index (χ4n) is 1.14. The maximum atomic E-state index is 5.46. The highest BCUT2D eigenvalue weighted by molar-refractivity contribution is 9.13. The zero-order chi connectivity index (χ0) is 10.6. The van der Waals surface area contributed by atoms with E-state index in [-0.39, 0.29) is 0 Å². The molecule has 1 aromatic heterocycles. The topological polar surface area (TPSA) is 25.2 Å². The lowest BCUT2D eigenvalue weighted by Gasteiger charge is -2.01. The van der Waals surface area contributed by atoms with Crippen LogP contribution < -0.4 is 5.32 Å². The zero-order valence-electron chi connectivity index (χ0n) is 8.23. The number of furan rings is 1. The van der Waals surface area contributed by atoms with E-state index in [0.29, 0.717) is 0 Å². The van der Waals surface area contributed by atoms with Crippen LogP contribution in [0, 0.1) is 0 Å². The number of rotatable bonds is 4. The van der Waals surface area contributed by atoms with Crippen molar-refractivity contribution < 1.29 is 4.42 Å². The minimum Gasteiger partial charge on any atom is -0.449 e. The Bertz CT molecular complexity index is 311. The molecular weight excluding hydrogens is 310 g/mol. The summed E-state index contributed by atoms with van der Waals surface area (Å²) < 4.78 is 7.15. The van der Waals surface area contributed by atoms with Crippen LogP contribution in [0.5, 0.6) is 0 Å². The van der Waals surface area contributed by atoms with Gasteiger partial charge in [0, 0.05) is 6.54 Å². The van der Waals surface area contributed by atoms with Crippen molar-refractivity contribution in [2.75, 3.05) is 13.6 Å². The van der Waals surface area contributed by atoms with Crippen LogP contribution in [-0.4, -0.2) is 13.6 Å². The molecule has 0 atom stereocenters. The molecule has 0 aromatic carbocycles. The summed E-state index contributed by atoms with van der Waals surface area (Å²) in [7, 11) is 1.94. The third-order valence-corrected chi connectivity index (χ3v) is 3.58. The minimum atomic E-state index is 0.740. The fourth-order valence-corrected chi connectivity index (χ4v) is 1.75. The minimum absolute atomic E-state index is 0.740. The second-order valence-corrected chi connectivity index (χ2v) is 4.53. The van der Waals surface area contributed by atoms with Crippen molar-refractivity contribution in [2.24, 2.45) is 0 Å². The molecule has 78 valence electrons. The van der Waals surface area contributed by atoms with Crippen LogP contribution in [0.15, 0.2) is 25.2 Å². The lowest BCUT2D eigenvalue weighted by atomic mass is 10.2. The Labute approximate surface area is 101 Å². The molecule has 0 spiro atoms. The van der Waals surface area contributed by atoms with Crippen molar-refractivity contribution >= 4 is 37.9 Å². The van der Waals surface area contributed by atoms with E-state index in [1.807, 2.05) is 13.1 Å². The van der Waals surface area contributed by atoms with Gasteiger partial charge in [0.15, 0.2) is 4.67 Å². The molecule has 1 rings (SSSR count). The third-order valence-electron chi connectivity index (χ3n) is 1.87. The lowest BCUT2D eigenvalue weighted by Crippen LogP contribution is -2.09. The Morgan fingerprint density at radius 3 is 2.71 bits per heavy atom. The molecule has 14 heavy (non-hydrogen) atoms. The molecule has 1 aromatic rings. The van der Waals surface area contributed by atoms with Gasteiger partial charge in [0.05, 0.1) is 4.47 Å². The summed E-state index contributed by atoms with van der Waals surface area (Å²) in [5, 5.41) is 3.13. The summed E-state index contributed by atoms with van der Waals surface area (Å²) in [6.45, 7) is 3.03. The van der Waals surface area contributed by atoms with E-state index in [0.717, 1.165) is 27.9 Å². The van der Waals surface area contributed by atoms with Gasteiger partial charge in [-0.2, -0.15) is 0 Å². The van der Waals surface area contributed by atoms with E-state index in [2.05, 4.69) is 50.2 Å². The van der Waals surface area contributed by atoms with E-state index < -0.39 is 0 Å². The van der Waals surface area contributed by atoms with Crippen molar-refractivity contribution in [2.45, 2.75) is 13.3 Å². The van der Waals surface area contributed by atoms with Crippen molar-refractivity contribution in [3.8, 4) is 0 Å².